The van der Waals surface area contributed by atoms with Crippen molar-refractivity contribution >= 4 is 0 Å². The fraction of sp³-hybridized carbons (Fsp3) is 0.455. The van der Waals surface area contributed by atoms with Crippen LogP contribution in [0.1, 0.15) is 12.5 Å². The number of halogens is 2. The molecule has 0 aromatic heterocycles. The van der Waals surface area contributed by atoms with Crippen LogP contribution in [0.15, 0.2) is 18.2 Å². The topological polar surface area (TPSA) is 21.3 Å². The van der Waals surface area contributed by atoms with E-state index in [9.17, 15) is 8.78 Å². The number of hydrogen-bond acceptors (Lipinski definition) is 2. The number of hydrogen-bond donors (Lipinski definition) is 1. The van der Waals surface area contributed by atoms with Crippen molar-refractivity contribution in [2.75, 3.05) is 19.8 Å². The van der Waals surface area contributed by atoms with Crippen LogP contribution in [0.2, 0.25) is 0 Å². The third-order valence-electron chi connectivity index (χ3n) is 2.68. The van der Waals surface area contributed by atoms with Gasteiger partial charge in [-0.05, 0) is 13.0 Å². The second-order valence-corrected chi connectivity index (χ2v) is 3.94. The number of ether oxygens (including phenoxy) is 1. The summed E-state index contributed by atoms with van der Waals surface area (Å²) in [6.45, 7) is 3.55. The molecule has 1 aliphatic rings. The lowest BCUT2D eigenvalue weighted by atomic mass is 9.91. The van der Waals surface area contributed by atoms with Gasteiger partial charge in [-0.3, -0.25) is 0 Å². The highest BCUT2D eigenvalue weighted by atomic mass is 19.1. The minimum atomic E-state index is -0.559. The van der Waals surface area contributed by atoms with Crippen molar-refractivity contribution in [1.29, 1.82) is 0 Å². The van der Waals surface area contributed by atoms with Crippen LogP contribution in [-0.4, -0.2) is 19.8 Å². The Labute approximate surface area is 87.2 Å². The highest BCUT2D eigenvalue weighted by molar-refractivity contribution is 5.26. The fourth-order valence-electron chi connectivity index (χ4n) is 1.84. The second kappa shape index (κ2) is 3.87. The lowest BCUT2D eigenvalue weighted by Crippen LogP contribution is -2.49. The first-order valence-corrected chi connectivity index (χ1v) is 4.90. The zero-order valence-corrected chi connectivity index (χ0v) is 8.52. The first-order valence-electron chi connectivity index (χ1n) is 4.90. The molecule has 0 spiro atoms. The quantitative estimate of drug-likeness (QED) is 0.768. The number of benzene rings is 1. The third-order valence-corrected chi connectivity index (χ3v) is 2.68. The lowest BCUT2D eigenvalue weighted by Gasteiger charge is -2.35. The zero-order chi connectivity index (χ0) is 10.9. The van der Waals surface area contributed by atoms with Gasteiger partial charge < -0.3 is 10.1 Å². The summed E-state index contributed by atoms with van der Waals surface area (Å²) in [6.07, 6.45) is 0. The van der Waals surface area contributed by atoms with Gasteiger partial charge in [0.05, 0.1) is 18.8 Å². The van der Waals surface area contributed by atoms with Crippen molar-refractivity contribution in [2.45, 2.75) is 12.5 Å². The van der Waals surface area contributed by atoms with Crippen LogP contribution >= 0.6 is 0 Å². The van der Waals surface area contributed by atoms with Gasteiger partial charge in [-0.2, -0.15) is 0 Å². The molecule has 0 aliphatic carbocycles. The van der Waals surface area contributed by atoms with E-state index in [1.54, 1.807) is 0 Å². The summed E-state index contributed by atoms with van der Waals surface area (Å²) in [5.41, 5.74) is -0.112. The predicted molar refractivity (Wildman–Crippen MR) is 52.5 cm³/mol. The first kappa shape index (κ1) is 10.5. The van der Waals surface area contributed by atoms with Crippen molar-refractivity contribution in [3.8, 4) is 0 Å². The van der Waals surface area contributed by atoms with Crippen LogP contribution < -0.4 is 5.32 Å². The molecule has 1 atom stereocenters. The van der Waals surface area contributed by atoms with Crippen LogP contribution in [0, 0.1) is 11.6 Å². The van der Waals surface area contributed by atoms with E-state index < -0.39 is 17.2 Å². The molecule has 15 heavy (non-hydrogen) atoms. The Morgan fingerprint density at radius 2 is 2.20 bits per heavy atom. The number of rotatable bonds is 1. The third kappa shape index (κ3) is 2.01. The molecule has 2 nitrogen and oxygen atoms in total. The summed E-state index contributed by atoms with van der Waals surface area (Å²) in [4.78, 5) is 0. The van der Waals surface area contributed by atoms with Crippen LogP contribution in [0.25, 0.3) is 0 Å². The first-order chi connectivity index (χ1) is 7.12. The lowest BCUT2D eigenvalue weighted by molar-refractivity contribution is 0.0323. The molecule has 1 unspecified atom stereocenters. The molecule has 2 rings (SSSR count). The molecule has 0 bridgehead atoms. The van der Waals surface area contributed by atoms with Gasteiger partial charge in [-0.15, -0.1) is 0 Å². The van der Waals surface area contributed by atoms with Gasteiger partial charge in [0.1, 0.15) is 11.6 Å². The second-order valence-electron chi connectivity index (χ2n) is 3.94. The number of morpholine rings is 1. The Balaban J connectivity index is 2.35. The van der Waals surface area contributed by atoms with Crippen molar-refractivity contribution in [3.05, 3.63) is 35.4 Å². The van der Waals surface area contributed by atoms with Crippen molar-refractivity contribution in [1.82, 2.24) is 5.32 Å². The molecule has 1 aromatic rings. The molecule has 0 saturated carbocycles. The summed E-state index contributed by atoms with van der Waals surface area (Å²) in [7, 11) is 0. The zero-order valence-electron chi connectivity index (χ0n) is 8.52. The molecular formula is C11H13F2NO. The minimum Gasteiger partial charge on any atom is -0.378 e. The van der Waals surface area contributed by atoms with Gasteiger partial charge in [0.2, 0.25) is 0 Å². The molecule has 0 radical (unpaired) electrons. The minimum absolute atomic E-state index is 0.398. The maximum atomic E-state index is 13.5. The average Bonchev–Trinajstić information content (AvgIpc) is 2.18. The maximum absolute atomic E-state index is 13.5. The monoisotopic (exact) mass is 213 g/mol. The highest BCUT2D eigenvalue weighted by Gasteiger charge is 2.31. The normalized spacial score (nSPS) is 26.6. The summed E-state index contributed by atoms with van der Waals surface area (Å²) in [6, 6.07) is 3.63. The largest absolute Gasteiger partial charge is 0.378 e. The summed E-state index contributed by atoms with van der Waals surface area (Å²) in [5.74, 6) is -1.09. The van der Waals surface area contributed by atoms with E-state index in [1.807, 2.05) is 6.92 Å². The Morgan fingerprint density at radius 3 is 2.80 bits per heavy atom. The van der Waals surface area contributed by atoms with Crippen LogP contribution in [0.3, 0.4) is 0 Å². The summed E-state index contributed by atoms with van der Waals surface area (Å²) in [5, 5.41) is 3.18. The maximum Gasteiger partial charge on any atom is 0.131 e. The standard InChI is InChI=1S/C11H13F2NO/c1-11(7-15-5-4-14-11)9-3-2-8(12)6-10(9)13/h2-3,6,14H,4-5,7H2,1H3. The summed E-state index contributed by atoms with van der Waals surface area (Å²) < 4.78 is 31.6. The Morgan fingerprint density at radius 1 is 1.40 bits per heavy atom. The van der Waals surface area contributed by atoms with Crippen LogP contribution in [-0.2, 0) is 10.3 Å². The smallest absolute Gasteiger partial charge is 0.131 e. The predicted octanol–water partition coefficient (Wildman–Crippen LogP) is 1.80. The van der Waals surface area contributed by atoms with Gasteiger partial charge in [-0.1, -0.05) is 6.07 Å². The molecule has 1 fully saturated rings. The molecule has 0 amide bonds. The molecule has 4 heteroatoms. The number of nitrogens with one attached hydrogen (secondary N) is 1. The Hall–Kier alpha value is -1.00. The van der Waals surface area contributed by atoms with Gasteiger partial charge in [-0.25, -0.2) is 8.78 Å². The molecular weight excluding hydrogens is 200 g/mol. The molecule has 1 aromatic carbocycles. The van der Waals surface area contributed by atoms with Gasteiger partial charge >= 0.3 is 0 Å². The van der Waals surface area contributed by atoms with Crippen LogP contribution in [0.4, 0.5) is 8.78 Å². The van der Waals surface area contributed by atoms with Gasteiger partial charge in [0.15, 0.2) is 0 Å². The molecule has 1 N–H and O–H groups in total. The van der Waals surface area contributed by atoms with Crippen molar-refractivity contribution < 1.29 is 13.5 Å². The van der Waals surface area contributed by atoms with E-state index in [-0.39, 0.29) is 0 Å². The SMILES string of the molecule is CC1(c2ccc(F)cc2F)COCCN1. The van der Waals surface area contributed by atoms with E-state index in [2.05, 4.69) is 5.32 Å². The van der Waals surface area contributed by atoms with Gasteiger partial charge in [0.25, 0.3) is 0 Å². The molecule has 1 heterocycles. The van der Waals surface area contributed by atoms with E-state index in [4.69, 9.17) is 4.74 Å². The fourth-order valence-corrected chi connectivity index (χ4v) is 1.84. The molecule has 1 aliphatic heterocycles. The van der Waals surface area contributed by atoms with Crippen molar-refractivity contribution in [3.63, 3.8) is 0 Å². The average molecular weight is 213 g/mol. The van der Waals surface area contributed by atoms with Crippen LogP contribution in [0.5, 0.6) is 0 Å². The molecule has 1 saturated heterocycles. The van der Waals surface area contributed by atoms with E-state index in [0.29, 0.717) is 25.3 Å². The van der Waals surface area contributed by atoms with E-state index >= 15 is 0 Å². The van der Waals surface area contributed by atoms with E-state index in [0.717, 1.165) is 6.07 Å². The van der Waals surface area contributed by atoms with E-state index in [1.165, 1.54) is 12.1 Å². The Bertz CT molecular complexity index is 362. The Kier molecular flexibility index (Phi) is 2.71. The van der Waals surface area contributed by atoms with Gasteiger partial charge in [0, 0.05) is 18.2 Å². The summed E-state index contributed by atoms with van der Waals surface area (Å²) >= 11 is 0. The molecule has 82 valence electrons. The highest BCUT2D eigenvalue weighted by Crippen LogP contribution is 2.26. The van der Waals surface area contributed by atoms with Crippen molar-refractivity contribution in [2.24, 2.45) is 0 Å².